The molecule has 1 N–H and O–H groups in total. The van der Waals surface area contributed by atoms with E-state index in [1.807, 2.05) is 0 Å². The summed E-state index contributed by atoms with van der Waals surface area (Å²) >= 11 is 0. The molecule has 88 valence electrons. The van der Waals surface area contributed by atoms with Gasteiger partial charge in [-0.25, -0.2) is 14.3 Å². The second-order valence-electron chi connectivity index (χ2n) is 3.80. The van der Waals surface area contributed by atoms with Crippen LogP contribution < -0.4 is 0 Å². The predicted octanol–water partition coefficient (Wildman–Crippen LogP) is 2.09. The van der Waals surface area contributed by atoms with Gasteiger partial charge >= 0.3 is 5.97 Å². The third-order valence-corrected chi connectivity index (χ3v) is 2.73. The van der Waals surface area contributed by atoms with Gasteiger partial charge in [-0.3, -0.25) is 0 Å². The maximum Gasteiger partial charge on any atom is 0.336 e. The van der Waals surface area contributed by atoms with E-state index < -0.39 is 5.97 Å². The average molecular weight is 239 g/mol. The average Bonchev–Trinajstić information content (AvgIpc) is 2.82. The first-order valence-corrected chi connectivity index (χ1v) is 5.38. The Bertz CT molecular complexity index is 734. The molecule has 0 saturated carbocycles. The van der Waals surface area contributed by atoms with Gasteiger partial charge in [0.05, 0.1) is 11.8 Å². The zero-order valence-electron chi connectivity index (χ0n) is 9.32. The summed E-state index contributed by atoms with van der Waals surface area (Å²) in [4.78, 5) is 15.4. The number of benzene rings is 1. The van der Waals surface area contributed by atoms with Crippen molar-refractivity contribution < 1.29 is 9.90 Å². The lowest BCUT2D eigenvalue weighted by atomic mass is 10.0. The third-order valence-electron chi connectivity index (χ3n) is 2.73. The van der Waals surface area contributed by atoms with E-state index in [9.17, 15) is 9.90 Å². The molecule has 2 aromatic heterocycles. The Morgan fingerprint density at radius 3 is 2.83 bits per heavy atom. The first kappa shape index (κ1) is 10.5. The Kier molecular flexibility index (Phi) is 2.30. The molecule has 3 rings (SSSR count). The standard InChI is InChI=1S/C13H9N3O2/c17-13(18)10-5-2-1-4-9(10)11-8-15-16-7-3-6-14-12(11)16/h1-8H,(H,17,18). The number of hydrogen-bond acceptors (Lipinski definition) is 3. The van der Waals surface area contributed by atoms with E-state index in [1.54, 1.807) is 53.4 Å². The minimum absolute atomic E-state index is 0.248. The predicted molar refractivity (Wildman–Crippen MR) is 65.4 cm³/mol. The minimum Gasteiger partial charge on any atom is -0.478 e. The van der Waals surface area contributed by atoms with Crippen LogP contribution in [0.5, 0.6) is 0 Å². The Hall–Kier alpha value is -2.69. The zero-order chi connectivity index (χ0) is 12.5. The minimum atomic E-state index is -0.958. The SMILES string of the molecule is O=C(O)c1ccccc1-c1cnn2cccnc12. The van der Waals surface area contributed by atoms with Crippen molar-refractivity contribution in [2.24, 2.45) is 0 Å². The monoisotopic (exact) mass is 239 g/mol. The lowest BCUT2D eigenvalue weighted by Gasteiger charge is -2.03. The van der Waals surface area contributed by atoms with E-state index in [2.05, 4.69) is 10.1 Å². The summed E-state index contributed by atoms with van der Waals surface area (Å²) in [5.41, 5.74) is 2.23. The molecule has 3 aromatic rings. The van der Waals surface area contributed by atoms with Gasteiger partial charge in [0.15, 0.2) is 5.65 Å². The molecular formula is C13H9N3O2. The highest BCUT2D eigenvalue weighted by Crippen LogP contribution is 2.26. The van der Waals surface area contributed by atoms with E-state index in [0.29, 0.717) is 16.8 Å². The Morgan fingerprint density at radius 1 is 1.17 bits per heavy atom. The van der Waals surface area contributed by atoms with Crippen LogP contribution in [0.3, 0.4) is 0 Å². The van der Waals surface area contributed by atoms with E-state index >= 15 is 0 Å². The van der Waals surface area contributed by atoms with E-state index in [1.165, 1.54) is 0 Å². The number of carboxylic acids is 1. The molecule has 2 heterocycles. The number of aromatic nitrogens is 3. The lowest BCUT2D eigenvalue weighted by Crippen LogP contribution is -1.99. The van der Waals surface area contributed by atoms with Crippen LogP contribution in [-0.2, 0) is 0 Å². The number of hydrogen-bond donors (Lipinski definition) is 1. The highest BCUT2D eigenvalue weighted by atomic mass is 16.4. The fourth-order valence-corrected chi connectivity index (χ4v) is 1.92. The number of carbonyl (C=O) groups is 1. The van der Waals surface area contributed by atoms with Crippen LogP contribution in [0.2, 0.25) is 0 Å². The van der Waals surface area contributed by atoms with Crippen LogP contribution in [0.1, 0.15) is 10.4 Å². The molecule has 0 saturated heterocycles. The van der Waals surface area contributed by atoms with Crippen molar-refractivity contribution in [2.75, 3.05) is 0 Å². The van der Waals surface area contributed by atoms with Crippen molar-refractivity contribution in [3.8, 4) is 11.1 Å². The topological polar surface area (TPSA) is 67.5 Å². The van der Waals surface area contributed by atoms with Crippen molar-refractivity contribution in [3.05, 3.63) is 54.5 Å². The molecule has 5 nitrogen and oxygen atoms in total. The molecule has 0 bridgehead atoms. The maximum atomic E-state index is 11.2. The summed E-state index contributed by atoms with van der Waals surface area (Å²) in [6.07, 6.45) is 5.06. The third kappa shape index (κ3) is 1.53. The van der Waals surface area contributed by atoms with Gasteiger partial charge in [-0.15, -0.1) is 0 Å². The normalized spacial score (nSPS) is 10.7. The van der Waals surface area contributed by atoms with Crippen molar-refractivity contribution in [2.45, 2.75) is 0 Å². The maximum absolute atomic E-state index is 11.2. The van der Waals surface area contributed by atoms with E-state index in [-0.39, 0.29) is 5.56 Å². The van der Waals surface area contributed by atoms with Gasteiger partial charge in [0.25, 0.3) is 0 Å². The van der Waals surface area contributed by atoms with Crippen LogP contribution >= 0.6 is 0 Å². The number of rotatable bonds is 2. The molecular weight excluding hydrogens is 230 g/mol. The molecule has 0 fully saturated rings. The molecule has 0 unspecified atom stereocenters. The number of carboxylic acid groups (broad SMARTS) is 1. The highest BCUT2D eigenvalue weighted by Gasteiger charge is 2.14. The van der Waals surface area contributed by atoms with Crippen molar-refractivity contribution in [1.29, 1.82) is 0 Å². The van der Waals surface area contributed by atoms with Crippen LogP contribution in [0.15, 0.2) is 48.9 Å². The van der Waals surface area contributed by atoms with E-state index in [4.69, 9.17) is 0 Å². The molecule has 0 aliphatic rings. The molecule has 0 amide bonds. The van der Waals surface area contributed by atoms with E-state index in [0.717, 1.165) is 0 Å². The van der Waals surface area contributed by atoms with Crippen molar-refractivity contribution in [3.63, 3.8) is 0 Å². The van der Waals surface area contributed by atoms with Gasteiger partial charge < -0.3 is 5.11 Å². The summed E-state index contributed by atoms with van der Waals surface area (Å²) in [7, 11) is 0. The molecule has 0 spiro atoms. The van der Waals surface area contributed by atoms with Crippen LogP contribution in [0, 0.1) is 0 Å². The van der Waals surface area contributed by atoms with Crippen LogP contribution in [0.25, 0.3) is 16.8 Å². The zero-order valence-corrected chi connectivity index (χ0v) is 9.32. The fraction of sp³-hybridized carbons (Fsp3) is 0. The second kappa shape index (κ2) is 3.96. The molecule has 0 aliphatic heterocycles. The molecule has 5 heteroatoms. The first-order chi connectivity index (χ1) is 8.77. The summed E-state index contributed by atoms with van der Waals surface area (Å²) in [6, 6.07) is 8.60. The largest absolute Gasteiger partial charge is 0.478 e. The molecule has 1 aromatic carbocycles. The van der Waals surface area contributed by atoms with Crippen molar-refractivity contribution >= 4 is 11.6 Å². The summed E-state index contributed by atoms with van der Waals surface area (Å²) in [5.74, 6) is -0.958. The molecule has 0 aliphatic carbocycles. The van der Waals surface area contributed by atoms with Gasteiger partial charge in [-0.05, 0) is 12.1 Å². The molecule has 0 radical (unpaired) electrons. The quantitative estimate of drug-likeness (QED) is 0.743. The van der Waals surface area contributed by atoms with Gasteiger partial charge in [0, 0.05) is 23.5 Å². The summed E-state index contributed by atoms with van der Waals surface area (Å²) in [5, 5.41) is 13.3. The summed E-state index contributed by atoms with van der Waals surface area (Å²) < 4.78 is 1.62. The van der Waals surface area contributed by atoms with Gasteiger partial charge in [0.2, 0.25) is 0 Å². The second-order valence-corrected chi connectivity index (χ2v) is 3.80. The number of nitrogens with zero attached hydrogens (tertiary/aromatic N) is 3. The number of fused-ring (bicyclic) bond motifs is 1. The molecule has 0 atom stereocenters. The smallest absolute Gasteiger partial charge is 0.336 e. The Balaban J connectivity index is 2.30. The highest BCUT2D eigenvalue weighted by molar-refractivity contribution is 5.98. The van der Waals surface area contributed by atoms with Gasteiger partial charge in [0.1, 0.15) is 0 Å². The first-order valence-electron chi connectivity index (χ1n) is 5.38. The fourth-order valence-electron chi connectivity index (χ4n) is 1.92. The lowest BCUT2D eigenvalue weighted by molar-refractivity contribution is 0.0698. The number of aromatic carboxylic acids is 1. The van der Waals surface area contributed by atoms with Gasteiger partial charge in [-0.2, -0.15) is 5.10 Å². The van der Waals surface area contributed by atoms with Crippen LogP contribution in [-0.4, -0.2) is 25.7 Å². The van der Waals surface area contributed by atoms with Crippen LogP contribution in [0.4, 0.5) is 0 Å². The molecule has 18 heavy (non-hydrogen) atoms. The van der Waals surface area contributed by atoms with Crippen molar-refractivity contribution in [1.82, 2.24) is 14.6 Å². The Labute approximate surface area is 102 Å². The van der Waals surface area contributed by atoms with Gasteiger partial charge in [-0.1, -0.05) is 18.2 Å². The Morgan fingerprint density at radius 2 is 2.00 bits per heavy atom. The summed E-state index contributed by atoms with van der Waals surface area (Å²) in [6.45, 7) is 0.